The fourth-order valence-corrected chi connectivity index (χ4v) is 5.93. The quantitative estimate of drug-likeness (QED) is 0.0865. The number of benzene rings is 2. The van der Waals surface area contributed by atoms with Crippen LogP contribution in [0.15, 0.2) is 60.7 Å². The number of nitrogens with one attached hydrogen (secondary N) is 2. The first-order valence-electron chi connectivity index (χ1n) is 18.1. The van der Waals surface area contributed by atoms with Gasteiger partial charge in [-0.1, -0.05) is 75.7 Å². The van der Waals surface area contributed by atoms with E-state index in [4.69, 9.17) is 10.5 Å². The molecule has 280 valence electrons. The number of carbonyl (C=O) groups is 7. The van der Waals surface area contributed by atoms with Gasteiger partial charge in [-0.3, -0.25) is 33.7 Å². The molecule has 0 aromatic heterocycles. The third kappa shape index (κ3) is 14.2. The van der Waals surface area contributed by atoms with E-state index in [0.717, 1.165) is 28.7 Å². The molecule has 12 nitrogen and oxygen atoms in total. The molecule has 0 aliphatic carbocycles. The number of urea groups is 1. The van der Waals surface area contributed by atoms with Crippen molar-refractivity contribution in [1.29, 1.82) is 0 Å². The van der Waals surface area contributed by atoms with E-state index in [1.165, 1.54) is 17.1 Å². The number of hydrogen-bond acceptors (Lipinski definition) is 8. The SMILES string of the molecule is CCc1cccc(CC(=O)OCc2ccc(CC(=O)[C@H](CCCNC(N)=O)NC(=O)[C@@H](CC(=O)CCCCCN3C(=O)C=CC3=O)C(C)C)cc2)c1. The maximum absolute atomic E-state index is 13.5. The molecule has 0 bridgehead atoms. The Morgan fingerprint density at radius 2 is 1.50 bits per heavy atom. The van der Waals surface area contributed by atoms with Crippen LogP contribution in [0.2, 0.25) is 0 Å². The summed E-state index contributed by atoms with van der Waals surface area (Å²) in [4.78, 5) is 88.1. The molecule has 0 saturated heterocycles. The van der Waals surface area contributed by atoms with Gasteiger partial charge in [-0.25, -0.2) is 4.79 Å². The van der Waals surface area contributed by atoms with Crippen LogP contribution in [-0.2, 0) is 59.4 Å². The third-order valence-corrected chi connectivity index (χ3v) is 9.05. The Morgan fingerprint density at radius 3 is 2.15 bits per heavy atom. The Labute approximate surface area is 305 Å². The Bertz CT molecular complexity index is 1580. The van der Waals surface area contributed by atoms with E-state index in [-0.39, 0.29) is 86.4 Å². The number of nitrogens with two attached hydrogens (primary N) is 1. The standard InChI is InChI=1S/C40H52N4O8/c1-4-28-10-8-11-31(22-28)24-38(49)52-26-30-16-14-29(15-17-30)23-35(46)34(13-9-20-42-40(41)51)43-39(50)33(27(2)3)25-32(45)12-6-5-7-21-44-36(47)18-19-37(44)48/h8,10-11,14-19,22,27,33-34H,4-7,9,12-13,20-21,23-26H2,1-3H3,(H,43,50)(H3,41,42,51)/t33-,34-/m0/s1. The molecule has 2 aromatic carbocycles. The first-order chi connectivity index (χ1) is 24.9. The van der Waals surface area contributed by atoms with Gasteiger partial charge in [0.15, 0.2) is 5.78 Å². The molecule has 4 N–H and O–H groups in total. The summed E-state index contributed by atoms with van der Waals surface area (Å²) >= 11 is 0. The minimum absolute atomic E-state index is 0.0256. The van der Waals surface area contributed by atoms with Crippen molar-refractivity contribution in [3.63, 3.8) is 0 Å². The lowest BCUT2D eigenvalue weighted by molar-refractivity contribution is -0.144. The molecular formula is C40H52N4O8. The summed E-state index contributed by atoms with van der Waals surface area (Å²) in [5.41, 5.74) is 8.72. The van der Waals surface area contributed by atoms with E-state index in [0.29, 0.717) is 32.2 Å². The minimum atomic E-state index is -0.851. The van der Waals surface area contributed by atoms with Crippen molar-refractivity contribution in [2.45, 2.75) is 97.6 Å². The highest BCUT2D eigenvalue weighted by atomic mass is 16.5. The summed E-state index contributed by atoms with van der Waals surface area (Å²) in [6.07, 6.45) is 6.33. The number of ketones is 2. The molecular weight excluding hydrogens is 664 g/mol. The van der Waals surface area contributed by atoms with Crippen LogP contribution in [0, 0.1) is 11.8 Å². The number of nitrogens with zero attached hydrogens (tertiary/aromatic N) is 1. The number of Topliss-reactive ketones (excluding diaryl/α,β-unsaturated/α-hetero) is 2. The Morgan fingerprint density at radius 1 is 0.827 bits per heavy atom. The summed E-state index contributed by atoms with van der Waals surface area (Å²) in [5.74, 6) is -2.48. The van der Waals surface area contributed by atoms with E-state index in [1.807, 2.05) is 38.1 Å². The van der Waals surface area contributed by atoms with Crippen molar-refractivity contribution < 1.29 is 38.3 Å². The number of unbranched alkanes of at least 4 members (excludes halogenated alkanes) is 2. The van der Waals surface area contributed by atoms with Crippen molar-refractivity contribution in [3.8, 4) is 0 Å². The van der Waals surface area contributed by atoms with Gasteiger partial charge in [-0.2, -0.15) is 0 Å². The van der Waals surface area contributed by atoms with Crippen molar-refractivity contribution in [3.05, 3.63) is 82.9 Å². The second-order valence-corrected chi connectivity index (χ2v) is 13.5. The van der Waals surface area contributed by atoms with Crippen LogP contribution in [0.5, 0.6) is 0 Å². The topological polar surface area (TPSA) is 182 Å². The molecule has 2 aromatic rings. The van der Waals surface area contributed by atoms with E-state index >= 15 is 0 Å². The van der Waals surface area contributed by atoms with Crippen LogP contribution in [-0.4, -0.2) is 65.3 Å². The second kappa shape index (κ2) is 21.3. The molecule has 0 unspecified atom stereocenters. The smallest absolute Gasteiger partial charge is 0.312 e. The van der Waals surface area contributed by atoms with Gasteiger partial charge in [0.05, 0.1) is 12.5 Å². The molecule has 0 radical (unpaired) electrons. The molecule has 12 heteroatoms. The molecule has 0 fully saturated rings. The zero-order valence-corrected chi connectivity index (χ0v) is 30.5. The number of aryl methyl sites for hydroxylation is 1. The predicted octanol–water partition coefficient (Wildman–Crippen LogP) is 4.30. The number of imide groups is 1. The van der Waals surface area contributed by atoms with Gasteiger partial charge in [0.2, 0.25) is 5.91 Å². The molecule has 52 heavy (non-hydrogen) atoms. The number of carbonyl (C=O) groups excluding carboxylic acids is 7. The van der Waals surface area contributed by atoms with E-state index < -0.39 is 18.0 Å². The first-order valence-corrected chi connectivity index (χ1v) is 18.1. The van der Waals surface area contributed by atoms with Crippen LogP contribution in [0.25, 0.3) is 0 Å². The number of esters is 1. The Kier molecular flexibility index (Phi) is 16.9. The Hall–Kier alpha value is -5.13. The normalized spacial score (nSPS) is 13.6. The van der Waals surface area contributed by atoms with E-state index in [9.17, 15) is 33.6 Å². The maximum Gasteiger partial charge on any atom is 0.312 e. The van der Waals surface area contributed by atoms with Gasteiger partial charge in [0.1, 0.15) is 12.4 Å². The van der Waals surface area contributed by atoms with Crippen LogP contribution < -0.4 is 16.4 Å². The lowest BCUT2D eigenvalue weighted by Gasteiger charge is -2.24. The summed E-state index contributed by atoms with van der Waals surface area (Å²) in [5, 5.41) is 5.38. The first kappa shape index (κ1) is 41.3. The molecule has 0 saturated carbocycles. The molecule has 5 amide bonds. The molecule has 1 aliphatic heterocycles. The molecule has 2 atom stereocenters. The largest absolute Gasteiger partial charge is 0.461 e. The lowest BCUT2D eigenvalue weighted by Crippen LogP contribution is -2.46. The monoisotopic (exact) mass is 716 g/mol. The average Bonchev–Trinajstić information content (AvgIpc) is 3.43. The van der Waals surface area contributed by atoms with Crippen LogP contribution in [0.1, 0.15) is 88.0 Å². The maximum atomic E-state index is 13.5. The lowest BCUT2D eigenvalue weighted by atomic mass is 9.88. The number of hydrogen-bond donors (Lipinski definition) is 3. The number of rotatable bonds is 23. The van der Waals surface area contributed by atoms with Gasteiger partial charge in [-0.05, 0) is 60.3 Å². The van der Waals surface area contributed by atoms with Crippen molar-refractivity contribution in [1.82, 2.24) is 15.5 Å². The third-order valence-electron chi connectivity index (χ3n) is 9.05. The highest BCUT2D eigenvalue weighted by Crippen LogP contribution is 2.20. The predicted molar refractivity (Wildman–Crippen MR) is 196 cm³/mol. The molecule has 0 spiro atoms. The van der Waals surface area contributed by atoms with Gasteiger partial charge in [0.25, 0.3) is 11.8 Å². The van der Waals surface area contributed by atoms with Crippen LogP contribution >= 0.6 is 0 Å². The van der Waals surface area contributed by atoms with Crippen LogP contribution in [0.4, 0.5) is 4.79 Å². The fourth-order valence-electron chi connectivity index (χ4n) is 5.93. The summed E-state index contributed by atoms with van der Waals surface area (Å²) in [6.45, 7) is 6.39. The highest BCUT2D eigenvalue weighted by molar-refractivity contribution is 6.12. The summed E-state index contributed by atoms with van der Waals surface area (Å²) < 4.78 is 5.47. The minimum Gasteiger partial charge on any atom is -0.461 e. The molecule has 1 heterocycles. The Balaban J connectivity index is 1.52. The number of amides is 5. The van der Waals surface area contributed by atoms with Gasteiger partial charge in [0, 0.05) is 50.4 Å². The summed E-state index contributed by atoms with van der Waals surface area (Å²) in [7, 11) is 0. The number of primary amides is 1. The van der Waals surface area contributed by atoms with Crippen molar-refractivity contribution >= 4 is 41.3 Å². The van der Waals surface area contributed by atoms with Crippen molar-refractivity contribution in [2.75, 3.05) is 13.1 Å². The molecule has 1 aliphatic rings. The van der Waals surface area contributed by atoms with Gasteiger partial charge in [-0.15, -0.1) is 0 Å². The fraction of sp³-hybridized carbons (Fsp3) is 0.475. The average molecular weight is 717 g/mol. The summed E-state index contributed by atoms with van der Waals surface area (Å²) in [6, 6.07) is 13.5. The second-order valence-electron chi connectivity index (χ2n) is 13.5. The molecule has 3 rings (SSSR count). The zero-order valence-electron chi connectivity index (χ0n) is 30.5. The van der Waals surface area contributed by atoms with E-state index in [1.54, 1.807) is 24.3 Å². The van der Waals surface area contributed by atoms with Gasteiger partial charge >= 0.3 is 12.0 Å². The highest BCUT2D eigenvalue weighted by Gasteiger charge is 2.29. The van der Waals surface area contributed by atoms with Crippen LogP contribution in [0.3, 0.4) is 0 Å². The van der Waals surface area contributed by atoms with Gasteiger partial charge < -0.3 is 21.1 Å². The van der Waals surface area contributed by atoms with Crippen molar-refractivity contribution in [2.24, 2.45) is 17.6 Å². The van der Waals surface area contributed by atoms with E-state index in [2.05, 4.69) is 17.6 Å². The zero-order chi connectivity index (χ0) is 38.0. The number of ether oxygens (including phenoxy) is 1.